The van der Waals surface area contributed by atoms with Crippen molar-refractivity contribution in [3.05, 3.63) is 58.2 Å². The summed E-state index contributed by atoms with van der Waals surface area (Å²) >= 11 is 0. The van der Waals surface area contributed by atoms with Crippen LogP contribution in [0.3, 0.4) is 0 Å². The van der Waals surface area contributed by atoms with Gasteiger partial charge in [0.25, 0.3) is 5.69 Å². The third-order valence-corrected chi connectivity index (χ3v) is 2.49. The zero-order chi connectivity index (χ0) is 13.1. The van der Waals surface area contributed by atoms with Crippen molar-refractivity contribution in [2.45, 2.75) is 0 Å². The minimum Gasteiger partial charge on any atom is -0.397 e. The smallest absolute Gasteiger partial charge is 0.271 e. The topological polar surface area (TPSA) is 86.4 Å². The molecule has 0 amide bonds. The van der Waals surface area contributed by atoms with E-state index in [0.29, 0.717) is 16.9 Å². The van der Waals surface area contributed by atoms with E-state index in [1.165, 1.54) is 18.2 Å². The molecule has 18 heavy (non-hydrogen) atoms. The molecule has 0 fully saturated rings. The lowest BCUT2D eigenvalue weighted by Crippen LogP contribution is -2.15. The molecule has 0 aliphatic carbocycles. The number of nitro groups is 1. The Morgan fingerprint density at radius 3 is 2.78 bits per heavy atom. The average Bonchev–Trinajstić information content (AvgIpc) is 2.34. The third kappa shape index (κ3) is 2.37. The lowest BCUT2D eigenvalue weighted by molar-refractivity contribution is -0.384. The monoisotopic (exact) mass is 244 g/mol. The summed E-state index contributed by atoms with van der Waals surface area (Å²) in [6.07, 6.45) is 1.84. The van der Waals surface area contributed by atoms with Gasteiger partial charge in [-0.05, 0) is 18.2 Å². The number of nitrogen functional groups attached to an aromatic ring is 1. The number of nitro benzene ring substituents is 1. The highest BCUT2D eigenvalue weighted by Gasteiger charge is 2.08. The van der Waals surface area contributed by atoms with Gasteiger partial charge in [0.05, 0.1) is 16.3 Å². The number of hydrogen-bond acceptors (Lipinski definition) is 4. The number of nitrogens with two attached hydrogens (primary N) is 1. The Bertz CT molecular complexity index is 661. The number of rotatable bonds is 2. The highest BCUT2D eigenvalue weighted by molar-refractivity contribution is 5.66. The van der Waals surface area contributed by atoms with Crippen LogP contribution in [0, 0.1) is 10.1 Å². The number of nitrogens with zero attached hydrogens (tertiary/aromatic N) is 3. The predicted octanol–water partition coefficient (Wildman–Crippen LogP) is 1.75. The molecule has 0 unspecified atom stereocenters. The van der Waals surface area contributed by atoms with Crippen LogP contribution in [0.25, 0.3) is 0 Å². The third-order valence-electron chi connectivity index (χ3n) is 2.49. The Morgan fingerprint density at radius 1 is 1.33 bits per heavy atom. The van der Waals surface area contributed by atoms with Crippen molar-refractivity contribution in [1.29, 1.82) is 0 Å². The summed E-state index contributed by atoms with van der Waals surface area (Å²) in [5.74, 6) is 0. The fourth-order valence-electron chi connectivity index (χ4n) is 1.50. The van der Waals surface area contributed by atoms with E-state index >= 15 is 0 Å². The van der Waals surface area contributed by atoms with Crippen LogP contribution in [0.5, 0.6) is 0 Å². The fourth-order valence-corrected chi connectivity index (χ4v) is 1.50. The van der Waals surface area contributed by atoms with Gasteiger partial charge in [0, 0.05) is 25.4 Å². The first-order valence-corrected chi connectivity index (χ1v) is 5.28. The second kappa shape index (κ2) is 4.70. The molecule has 2 rings (SSSR count). The van der Waals surface area contributed by atoms with Gasteiger partial charge < -0.3 is 10.3 Å². The molecule has 2 N–H and O–H groups in total. The van der Waals surface area contributed by atoms with Crippen LogP contribution in [0.2, 0.25) is 0 Å². The van der Waals surface area contributed by atoms with E-state index in [9.17, 15) is 10.1 Å². The molecule has 0 spiro atoms. The molecule has 0 aliphatic rings. The molecule has 0 aliphatic heterocycles. The maximum absolute atomic E-state index is 10.7. The lowest BCUT2D eigenvalue weighted by Gasteiger charge is -2.02. The molecule has 6 nitrogen and oxygen atoms in total. The van der Waals surface area contributed by atoms with Crippen LogP contribution >= 0.6 is 0 Å². The van der Waals surface area contributed by atoms with Crippen molar-refractivity contribution in [3.8, 4) is 0 Å². The summed E-state index contributed by atoms with van der Waals surface area (Å²) in [6, 6.07) is 9.72. The molecule has 92 valence electrons. The average molecular weight is 244 g/mol. The fraction of sp³-hybridized carbons (Fsp3) is 0.0833. The molecule has 0 radical (unpaired) electrons. The zero-order valence-electron chi connectivity index (χ0n) is 9.78. The summed E-state index contributed by atoms with van der Waals surface area (Å²) in [6.45, 7) is 0. The molecular weight excluding hydrogens is 232 g/mol. The summed E-state index contributed by atoms with van der Waals surface area (Å²) in [4.78, 5) is 14.5. The number of aromatic nitrogens is 1. The Morgan fingerprint density at radius 2 is 2.11 bits per heavy atom. The van der Waals surface area contributed by atoms with Gasteiger partial charge in [-0.25, -0.2) is 4.99 Å². The van der Waals surface area contributed by atoms with Crippen LogP contribution < -0.4 is 11.2 Å². The number of benzene rings is 1. The molecule has 0 saturated carbocycles. The van der Waals surface area contributed by atoms with Gasteiger partial charge in [-0.2, -0.15) is 0 Å². The van der Waals surface area contributed by atoms with E-state index in [1.807, 2.05) is 25.4 Å². The van der Waals surface area contributed by atoms with Crippen molar-refractivity contribution >= 4 is 17.1 Å². The Labute approximate surface area is 103 Å². The Balaban J connectivity index is 2.59. The molecule has 2 aromatic rings. The highest BCUT2D eigenvalue weighted by Crippen LogP contribution is 2.26. The lowest BCUT2D eigenvalue weighted by atomic mass is 10.2. The highest BCUT2D eigenvalue weighted by atomic mass is 16.6. The van der Waals surface area contributed by atoms with Gasteiger partial charge in [-0.15, -0.1) is 0 Å². The summed E-state index contributed by atoms with van der Waals surface area (Å²) in [5.41, 5.74) is 7.21. The first kappa shape index (κ1) is 11.8. The van der Waals surface area contributed by atoms with E-state index in [4.69, 9.17) is 5.73 Å². The number of aryl methyl sites for hydroxylation is 1. The van der Waals surface area contributed by atoms with Gasteiger partial charge in [-0.3, -0.25) is 10.1 Å². The van der Waals surface area contributed by atoms with E-state index in [-0.39, 0.29) is 5.69 Å². The van der Waals surface area contributed by atoms with Crippen molar-refractivity contribution in [3.63, 3.8) is 0 Å². The molecule has 0 saturated heterocycles. The van der Waals surface area contributed by atoms with Gasteiger partial charge in [0.15, 0.2) is 0 Å². The van der Waals surface area contributed by atoms with Gasteiger partial charge in [0.2, 0.25) is 0 Å². The van der Waals surface area contributed by atoms with Crippen molar-refractivity contribution in [1.82, 2.24) is 4.57 Å². The predicted molar refractivity (Wildman–Crippen MR) is 68.1 cm³/mol. The molecule has 1 heterocycles. The molecule has 0 atom stereocenters. The number of non-ortho nitro benzene ring substituents is 1. The largest absolute Gasteiger partial charge is 0.397 e. The van der Waals surface area contributed by atoms with Gasteiger partial charge in [0.1, 0.15) is 5.49 Å². The SMILES string of the molecule is Cn1ccccc1=Nc1cc([N+](=O)[O-])ccc1N. The van der Waals surface area contributed by atoms with Crippen LogP contribution in [0.4, 0.5) is 17.1 Å². The second-order valence-corrected chi connectivity index (χ2v) is 3.78. The summed E-state index contributed by atoms with van der Waals surface area (Å²) in [7, 11) is 1.84. The maximum atomic E-state index is 10.7. The van der Waals surface area contributed by atoms with Crippen molar-refractivity contribution < 1.29 is 4.92 Å². The first-order valence-electron chi connectivity index (χ1n) is 5.28. The normalized spacial score (nSPS) is 11.5. The molecular formula is C12H12N4O2. The summed E-state index contributed by atoms with van der Waals surface area (Å²) in [5, 5.41) is 10.7. The number of hydrogen-bond donors (Lipinski definition) is 1. The minimum absolute atomic E-state index is 0.0264. The standard InChI is InChI=1S/C12H12N4O2/c1-15-7-3-2-4-12(15)14-11-8-9(16(17)18)5-6-10(11)13/h2-8H,13H2,1H3. The Hall–Kier alpha value is -2.63. The minimum atomic E-state index is -0.469. The van der Waals surface area contributed by atoms with Crippen molar-refractivity contribution in [2.75, 3.05) is 5.73 Å². The van der Waals surface area contributed by atoms with Gasteiger partial charge >= 0.3 is 0 Å². The molecule has 0 bridgehead atoms. The van der Waals surface area contributed by atoms with Gasteiger partial charge in [-0.1, -0.05) is 6.07 Å². The quantitative estimate of drug-likeness (QED) is 0.496. The first-order chi connectivity index (χ1) is 8.58. The second-order valence-electron chi connectivity index (χ2n) is 3.78. The number of pyridine rings is 1. The van der Waals surface area contributed by atoms with Crippen LogP contribution in [0.15, 0.2) is 47.6 Å². The van der Waals surface area contributed by atoms with Crippen LogP contribution in [-0.4, -0.2) is 9.49 Å². The molecule has 1 aromatic carbocycles. The summed E-state index contributed by atoms with van der Waals surface area (Å²) < 4.78 is 1.80. The van der Waals surface area contributed by atoms with Crippen LogP contribution in [0.1, 0.15) is 0 Å². The van der Waals surface area contributed by atoms with Crippen molar-refractivity contribution in [2.24, 2.45) is 12.0 Å². The van der Waals surface area contributed by atoms with E-state index in [2.05, 4.69) is 4.99 Å². The number of anilines is 1. The maximum Gasteiger partial charge on any atom is 0.271 e. The van der Waals surface area contributed by atoms with E-state index in [0.717, 1.165) is 0 Å². The molecule has 1 aromatic heterocycles. The van der Waals surface area contributed by atoms with E-state index in [1.54, 1.807) is 10.6 Å². The molecule has 6 heteroatoms. The van der Waals surface area contributed by atoms with Crippen LogP contribution in [-0.2, 0) is 7.05 Å². The van der Waals surface area contributed by atoms with E-state index < -0.39 is 4.92 Å². The Kier molecular flexibility index (Phi) is 3.09. The zero-order valence-corrected chi connectivity index (χ0v) is 9.78.